The lowest BCUT2D eigenvalue weighted by Gasteiger charge is -2.13. The van der Waals surface area contributed by atoms with Gasteiger partial charge < -0.3 is 10.1 Å². The topological polar surface area (TPSA) is 136 Å². The summed E-state index contributed by atoms with van der Waals surface area (Å²) < 4.78 is 18.1. The second-order valence-corrected chi connectivity index (χ2v) is 7.66. The molecule has 35 heavy (non-hydrogen) atoms. The number of hydrogen-bond acceptors (Lipinski definition) is 7. The van der Waals surface area contributed by atoms with E-state index in [0.717, 1.165) is 29.2 Å². The first-order valence-corrected chi connectivity index (χ1v) is 10.2. The molecule has 1 N–H and O–H groups in total. The number of nitro benzene ring substituents is 1. The summed E-state index contributed by atoms with van der Waals surface area (Å²) in [5, 5.41) is 13.5. The minimum atomic E-state index is -0.964. The molecular weight excluding hydrogens is 485 g/mol. The van der Waals surface area contributed by atoms with Gasteiger partial charge in [0.25, 0.3) is 23.4 Å². The Morgan fingerprint density at radius 3 is 2.37 bits per heavy atom. The van der Waals surface area contributed by atoms with Crippen molar-refractivity contribution in [3.63, 3.8) is 0 Å². The number of hydrogen-bond donors (Lipinski definition) is 1. The fourth-order valence-electron chi connectivity index (χ4n) is 3.35. The molecule has 12 heteroatoms. The number of nitrogens with one attached hydrogen (secondary N) is 1. The SMILES string of the molecule is O=C(COC(=O)c1ccc2c(c1)C(=O)N(c1ccc(F)cc1)C2=O)Nc1ccc(Cl)cc1[N+](=O)[O-]. The third kappa shape index (κ3) is 4.70. The number of rotatable bonds is 6. The van der Waals surface area contributed by atoms with Crippen molar-refractivity contribution in [1.82, 2.24) is 0 Å². The number of imide groups is 1. The average molecular weight is 498 g/mol. The van der Waals surface area contributed by atoms with Gasteiger partial charge in [-0.25, -0.2) is 14.1 Å². The van der Waals surface area contributed by atoms with Crippen LogP contribution < -0.4 is 10.2 Å². The number of halogens is 2. The van der Waals surface area contributed by atoms with E-state index in [1.54, 1.807) is 0 Å². The van der Waals surface area contributed by atoms with Crippen molar-refractivity contribution in [2.75, 3.05) is 16.8 Å². The smallest absolute Gasteiger partial charge is 0.338 e. The molecule has 0 unspecified atom stereocenters. The minimum Gasteiger partial charge on any atom is -0.452 e. The number of amides is 3. The monoisotopic (exact) mass is 497 g/mol. The van der Waals surface area contributed by atoms with Crippen LogP contribution in [0.5, 0.6) is 0 Å². The van der Waals surface area contributed by atoms with Gasteiger partial charge in [0.1, 0.15) is 11.5 Å². The van der Waals surface area contributed by atoms with Crippen LogP contribution in [-0.4, -0.2) is 35.2 Å². The van der Waals surface area contributed by atoms with Crippen LogP contribution in [0.15, 0.2) is 60.7 Å². The van der Waals surface area contributed by atoms with Gasteiger partial charge in [-0.2, -0.15) is 0 Å². The fourth-order valence-corrected chi connectivity index (χ4v) is 3.52. The van der Waals surface area contributed by atoms with Gasteiger partial charge in [-0.05, 0) is 54.6 Å². The van der Waals surface area contributed by atoms with Gasteiger partial charge in [-0.1, -0.05) is 11.6 Å². The summed E-state index contributed by atoms with van der Waals surface area (Å²) in [4.78, 5) is 61.2. The van der Waals surface area contributed by atoms with Crippen LogP contribution in [0.4, 0.5) is 21.5 Å². The molecule has 0 spiro atoms. The zero-order chi connectivity index (χ0) is 25.3. The number of anilines is 2. The van der Waals surface area contributed by atoms with Crippen LogP contribution in [0.2, 0.25) is 5.02 Å². The van der Waals surface area contributed by atoms with E-state index >= 15 is 0 Å². The lowest BCUT2D eigenvalue weighted by molar-refractivity contribution is -0.383. The van der Waals surface area contributed by atoms with Gasteiger partial charge in [0.2, 0.25) is 0 Å². The summed E-state index contributed by atoms with van der Waals surface area (Å²) in [6.07, 6.45) is 0. The van der Waals surface area contributed by atoms with Crippen molar-refractivity contribution in [3.05, 3.63) is 98.3 Å². The Balaban J connectivity index is 1.45. The molecule has 0 aliphatic carbocycles. The Bertz CT molecular complexity index is 1410. The quantitative estimate of drug-likeness (QED) is 0.235. The molecular formula is C23H13ClFN3O7. The number of nitrogens with zero attached hydrogens (tertiary/aromatic N) is 2. The van der Waals surface area contributed by atoms with Crippen molar-refractivity contribution >= 4 is 52.4 Å². The number of carbonyl (C=O) groups excluding carboxylic acids is 4. The summed E-state index contributed by atoms with van der Waals surface area (Å²) in [6, 6.07) is 12.1. The zero-order valence-electron chi connectivity index (χ0n) is 17.5. The summed E-state index contributed by atoms with van der Waals surface area (Å²) in [5.74, 6) is -3.70. The number of carbonyl (C=O) groups is 4. The van der Waals surface area contributed by atoms with E-state index in [1.807, 2.05) is 0 Å². The van der Waals surface area contributed by atoms with Crippen LogP contribution in [0.25, 0.3) is 0 Å². The van der Waals surface area contributed by atoms with Crippen molar-refractivity contribution in [2.45, 2.75) is 0 Å². The first-order chi connectivity index (χ1) is 16.7. The van der Waals surface area contributed by atoms with Crippen molar-refractivity contribution in [1.29, 1.82) is 0 Å². The molecule has 4 rings (SSSR count). The van der Waals surface area contributed by atoms with Crippen molar-refractivity contribution in [3.8, 4) is 0 Å². The number of ether oxygens (including phenoxy) is 1. The highest BCUT2D eigenvalue weighted by molar-refractivity contribution is 6.34. The van der Waals surface area contributed by atoms with Crippen molar-refractivity contribution in [2.24, 2.45) is 0 Å². The maximum Gasteiger partial charge on any atom is 0.338 e. The first-order valence-electron chi connectivity index (χ1n) is 9.85. The van der Waals surface area contributed by atoms with Crippen LogP contribution in [0.3, 0.4) is 0 Å². The minimum absolute atomic E-state index is 0.0451. The molecule has 3 amide bonds. The Labute approximate surface area is 201 Å². The van der Waals surface area contributed by atoms with Gasteiger partial charge in [0.05, 0.1) is 27.3 Å². The van der Waals surface area contributed by atoms with E-state index in [1.165, 1.54) is 36.4 Å². The summed E-state index contributed by atoms with van der Waals surface area (Å²) in [7, 11) is 0. The second-order valence-electron chi connectivity index (χ2n) is 7.23. The number of fused-ring (bicyclic) bond motifs is 1. The highest BCUT2D eigenvalue weighted by Gasteiger charge is 2.37. The Kier molecular flexibility index (Phi) is 6.26. The molecule has 0 fully saturated rings. The van der Waals surface area contributed by atoms with Gasteiger partial charge in [0, 0.05) is 11.1 Å². The van der Waals surface area contributed by atoms with Crippen LogP contribution >= 0.6 is 11.6 Å². The third-order valence-corrected chi connectivity index (χ3v) is 5.21. The molecule has 0 radical (unpaired) electrons. The molecule has 10 nitrogen and oxygen atoms in total. The maximum atomic E-state index is 13.2. The first kappa shape index (κ1) is 23.5. The maximum absolute atomic E-state index is 13.2. The molecule has 176 valence electrons. The van der Waals surface area contributed by atoms with Crippen LogP contribution in [0, 0.1) is 15.9 Å². The van der Waals surface area contributed by atoms with Gasteiger partial charge in [-0.15, -0.1) is 0 Å². The molecule has 0 aromatic heterocycles. The van der Waals surface area contributed by atoms with Gasteiger partial charge >= 0.3 is 5.97 Å². The van der Waals surface area contributed by atoms with E-state index in [9.17, 15) is 33.7 Å². The number of benzene rings is 3. The van der Waals surface area contributed by atoms with E-state index in [-0.39, 0.29) is 33.1 Å². The Morgan fingerprint density at radius 1 is 1.00 bits per heavy atom. The molecule has 1 aliphatic heterocycles. The van der Waals surface area contributed by atoms with Crippen LogP contribution in [-0.2, 0) is 9.53 Å². The zero-order valence-corrected chi connectivity index (χ0v) is 18.2. The molecule has 0 atom stereocenters. The standard InChI is InChI=1S/C23H13ClFN3O7/c24-13-2-8-18(19(10-13)28(33)34)26-20(29)11-35-23(32)12-1-7-16-17(9-12)22(31)27(21(16)30)15-5-3-14(25)4-6-15/h1-10H,11H2,(H,26,29). The lowest BCUT2D eigenvalue weighted by Crippen LogP contribution is -2.29. The van der Waals surface area contributed by atoms with Gasteiger partial charge in [0.15, 0.2) is 6.61 Å². The number of nitro groups is 1. The predicted molar refractivity (Wildman–Crippen MR) is 121 cm³/mol. The predicted octanol–water partition coefficient (Wildman–Crippen LogP) is 3.98. The highest BCUT2D eigenvalue weighted by Crippen LogP contribution is 2.30. The van der Waals surface area contributed by atoms with Gasteiger partial charge in [-0.3, -0.25) is 24.5 Å². The summed E-state index contributed by atoms with van der Waals surface area (Å²) in [6.45, 7) is -0.774. The Morgan fingerprint density at radius 2 is 1.69 bits per heavy atom. The largest absolute Gasteiger partial charge is 0.452 e. The number of esters is 1. The summed E-state index contributed by atoms with van der Waals surface area (Å²) >= 11 is 5.73. The Hall–Kier alpha value is -4.64. The molecule has 3 aromatic rings. The van der Waals surface area contributed by atoms with E-state index in [0.29, 0.717) is 0 Å². The summed E-state index contributed by atoms with van der Waals surface area (Å²) in [5.41, 5.74) is -0.530. The van der Waals surface area contributed by atoms with Crippen LogP contribution in [0.1, 0.15) is 31.1 Å². The lowest BCUT2D eigenvalue weighted by atomic mass is 10.1. The fraction of sp³-hybridized carbons (Fsp3) is 0.0435. The molecule has 1 heterocycles. The van der Waals surface area contributed by atoms with E-state index in [4.69, 9.17) is 16.3 Å². The molecule has 0 saturated carbocycles. The second kappa shape index (κ2) is 9.31. The van der Waals surface area contributed by atoms with Crippen molar-refractivity contribution < 1.29 is 33.2 Å². The molecule has 0 saturated heterocycles. The van der Waals surface area contributed by atoms with E-state index < -0.39 is 46.7 Å². The highest BCUT2D eigenvalue weighted by atomic mass is 35.5. The third-order valence-electron chi connectivity index (χ3n) is 4.97. The molecule has 1 aliphatic rings. The molecule has 0 bridgehead atoms. The average Bonchev–Trinajstić information content (AvgIpc) is 3.08. The van der Waals surface area contributed by atoms with E-state index in [2.05, 4.69) is 5.32 Å². The molecule has 3 aromatic carbocycles. The normalized spacial score (nSPS) is 12.3.